The Kier molecular flexibility index (Phi) is 1.17. The first-order chi connectivity index (χ1) is 6.36. The van der Waals surface area contributed by atoms with Crippen molar-refractivity contribution < 1.29 is 0 Å². The molecular formula is C9H10N4. The van der Waals surface area contributed by atoms with E-state index in [9.17, 15) is 0 Å². The maximum absolute atomic E-state index is 4.25. The van der Waals surface area contributed by atoms with Crippen LogP contribution in [-0.2, 0) is 19.9 Å². The number of aromatic nitrogens is 4. The predicted molar refractivity (Wildman–Crippen MR) is 48.2 cm³/mol. The van der Waals surface area contributed by atoms with Gasteiger partial charge in [-0.1, -0.05) is 0 Å². The molecule has 4 nitrogen and oxygen atoms in total. The standard InChI is InChI=1S/C9H10N4/c1-13-9-6(4-11-13)2-3-8-7(9)5-10-12-8/h4-5H,2-3H2,1H3,(H,10,12). The summed E-state index contributed by atoms with van der Waals surface area (Å²) in [6.45, 7) is 0. The summed E-state index contributed by atoms with van der Waals surface area (Å²) in [6, 6.07) is 0. The van der Waals surface area contributed by atoms with Crippen molar-refractivity contribution in [2.75, 3.05) is 0 Å². The van der Waals surface area contributed by atoms with Gasteiger partial charge in [0.1, 0.15) is 0 Å². The minimum absolute atomic E-state index is 1.05. The fourth-order valence-corrected chi connectivity index (χ4v) is 1.98. The average Bonchev–Trinajstić information content (AvgIpc) is 2.70. The fourth-order valence-electron chi connectivity index (χ4n) is 1.98. The third-order valence-corrected chi connectivity index (χ3v) is 2.63. The molecule has 0 aliphatic heterocycles. The number of hydrogen-bond donors (Lipinski definition) is 1. The maximum atomic E-state index is 4.25. The lowest BCUT2D eigenvalue weighted by molar-refractivity contribution is 0.770. The number of nitrogens with zero attached hydrogens (tertiary/aromatic N) is 3. The van der Waals surface area contributed by atoms with Gasteiger partial charge < -0.3 is 0 Å². The molecule has 0 bridgehead atoms. The van der Waals surface area contributed by atoms with E-state index in [-0.39, 0.29) is 0 Å². The van der Waals surface area contributed by atoms with Gasteiger partial charge in [-0.05, 0) is 18.4 Å². The second kappa shape index (κ2) is 2.22. The van der Waals surface area contributed by atoms with Crippen LogP contribution < -0.4 is 0 Å². The molecule has 1 N–H and O–H groups in total. The van der Waals surface area contributed by atoms with Gasteiger partial charge in [0.05, 0.1) is 18.1 Å². The zero-order chi connectivity index (χ0) is 8.84. The van der Waals surface area contributed by atoms with Crippen LogP contribution in [0.2, 0.25) is 0 Å². The van der Waals surface area contributed by atoms with Crippen molar-refractivity contribution in [1.82, 2.24) is 20.0 Å². The molecule has 0 aromatic carbocycles. The number of fused-ring (bicyclic) bond motifs is 3. The van der Waals surface area contributed by atoms with Crippen LogP contribution in [0.5, 0.6) is 0 Å². The molecule has 0 spiro atoms. The molecular weight excluding hydrogens is 164 g/mol. The van der Waals surface area contributed by atoms with Gasteiger partial charge in [-0.25, -0.2) is 0 Å². The molecule has 66 valence electrons. The lowest BCUT2D eigenvalue weighted by Crippen LogP contribution is -2.04. The number of hydrogen-bond acceptors (Lipinski definition) is 2. The maximum Gasteiger partial charge on any atom is 0.0745 e. The molecule has 0 unspecified atom stereocenters. The number of H-pyrrole nitrogens is 1. The summed E-state index contributed by atoms with van der Waals surface area (Å²) in [5, 5.41) is 11.3. The first kappa shape index (κ1) is 6.88. The van der Waals surface area contributed by atoms with E-state index in [2.05, 4.69) is 15.3 Å². The Morgan fingerprint density at radius 3 is 3.23 bits per heavy atom. The van der Waals surface area contributed by atoms with Gasteiger partial charge in [0.25, 0.3) is 0 Å². The molecule has 0 saturated heterocycles. The van der Waals surface area contributed by atoms with Gasteiger partial charge in [0.2, 0.25) is 0 Å². The van der Waals surface area contributed by atoms with Crippen LogP contribution in [0.4, 0.5) is 0 Å². The number of aromatic amines is 1. The van der Waals surface area contributed by atoms with Gasteiger partial charge in [-0.15, -0.1) is 0 Å². The van der Waals surface area contributed by atoms with Crippen molar-refractivity contribution in [2.45, 2.75) is 12.8 Å². The largest absolute Gasteiger partial charge is 0.282 e. The highest BCUT2D eigenvalue weighted by atomic mass is 15.3. The second-order valence-corrected chi connectivity index (χ2v) is 3.40. The van der Waals surface area contributed by atoms with E-state index in [4.69, 9.17) is 0 Å². The normalized spacial score (nSPS) is 13.9. The first-order valence-corrected chi connectivity index (χ1v) is 4.40. The predicted octanol–water partition coefficient (Wildman–Crippen LogP) is 0.909. The molecule has 0 atom stereocenters. The SMILES string of the molecule is Cn1ncc2c1-c1cn[nH]c1CC2. The highest BCUT2D eigenvalue weighted by Crippen LogP contribution is 2.30. The van der Waals surface area contributed by atoms with E-state index in [1.807, 2.05) is 24.1 Å². The third kappa shape index (κ3) is 0.798. The zero-order valence-corrected chi connectivity index (χ0v) is 7.41. The molecule has 0 fully saturated rings. The van der Waals surface area contributed by atoms with E-state index in [1.54, 1.807) is 0 Å². The summed E-state index contributed by atoms with van der Waals surface area (Å²) in [6.07, 6.45) is 5.95. The Morgan fingerprint density at radius 2 is 2.31 bits per heavy atom. The smallest absolute Gasteiger partial charge is 0.0745 e. The molecule has 0 amide bonds. The summed E-state index contributed by atoms with van der Waals surface area (Å²) in [7, 11) is 1.97. The van der Waals surface area contributed by atoms with Crippen molar-refractivity contribution in [3.8, 4) is 11.3 Å². The lowest BCUT2D eigenvalue weighted by Gasteiger charge is -2.11. The van der Waals surface area contributed by atoms with Crippen molar-refractivity contribution in [2.24, 2.45) is 7.05 Å². The van der Waals surface area contributed by atoms with E-state index < -0.39 is 0 Å². The van der Waals surface area contributed by atoms with E-state index in [0.717, 1.165) is 12.8 Å². The van der Waals surface area contributed by atoms with Crippen molar-refractivity contribution in [1.29, 1.82) is 0 Å². The quantitative estimate of drug-likeness (QED) is 0.645. The van der Waals surface area contributed by atoms with Crippen molar-refractivity contribution in [3.63, 3.8) is 0 Å². The number of aryl methyl sites for hydroxylation is 3. The Labute approximate surface area is 75.6 Å². The summed E-state index contributed by atoms with van der Waals surface area (Å²) in [4.78, 5) is 0. The summed E-state index contributed by atoms with van der Waals surface area (Å²) in [5.41, 5.74) is 4.99. The topological polar surface area (TPSA) is 46.5 Å². The van der Waals surface area contributed by atoms with Crippen LogP contribution in [0.15, 0.2) is 12.4 Å². The highest BCUT2D eigenvalue weighted by molar-refractivity contribution is 5.67. The molecule has 13 heavy (non-hydrogen) atoms. The molecule has 0 radical (unpaired) electrons. The van der Waals surface area contributed by atoms with Crippen LogP contribution in [0, 0.1) is 0 Å². The number of rotatable bonds is 0. The van der Waals surface area contributed by atoms with Crippen LogP contribution in [0.1, 0.15) is 11.3 Å². The molecule has 4 heteroatoms. The zero-order valence-electron chi connectivity index (χ0n) is 7.41. The summed E-state index contributed by atoms with van der Waals surface area (Å²) < 4.78 is 1.92. The molecule has 2 heterocycles. The Bertz CT molecular complexity index is 452. The monoisotopic (exact) mass is 174 g/mol. The van der Waals surface area contributed by atoms with E-state index >= 15 is 0 Å². The summed E-state index contributed by atoms with van der Waals surface area (Å²) in [5.74, 6) is 0. The second-order valence-electron chi connectivity index (χ2n) is 3.40. The van der Waals surface area contributed by atoms with Crippen LogP contribution in [-0.4, -0.2) is 20.0 Å². The van der Waals surface area contributed by atoms with Gasteiger partial charge >= 0.3 is 0 Å². The molecule has 3 rings (SSSR count). The minimum Gasteiger partial charge on any atom is -0.282 e. The highest BCUT2D eigenvalue weighted by Gasteiger charge is 2.20. The van der Waals surface area contributed by atoms with Crippen molar-refractivity contribution in [3.05, 3.63) is 23.7 Å². The first-order valence-electron chi connectivity index (χ1n) is 4.40. The van der Waals surface area contributed by atoms with E-state index in [1.165, 1.54) is 22.5 Å². The van der Waals surface area contributed by atoms with Gasteiger partial charge in [0, 0.05) is 18.3 Å². The molecule has 1 aliphatic carbocycles. The average molecular weight is 174 g/mol. The lowest BCUT2D eigenvalue weighted by atomic mass is 9.96. The number of nitrogens with one attached hydrogen (secondary N) is 1. The minimum atomic E-state index is 1.05. The molecule has 1 aliphatic rings. The summed E-state index contributed by atoms with van der Waals surface area (Å²) >= 11 is 0. The Morgan fingerprint density at radius 1 is 1.38 bits per heavy atom. The van der Waals surface area contributed by atoms with Gasteiger partial charge in [-0.3, -0.25) is 9.78 Å². The van der Waals surface area contributed by atoms with Crippen molar-refractivity contribution >= 4 is 0 Å². The van der Waals surface area contributed by atoms with Gasteiger partial charge in [-0.2, -0.15) is 10.2 Å². The fraction of sp³-hybridized carbons (Fsp3) is 0.333. The van der Waals surface area contributed by atoms with Crippen LogP contribution >= 0.6 is 0 Å². The molecule has 2 aromatic heterocycles. The molecule has 2 aromatic rings. The third-order valence-electron chi connectivity index (χ3n) is 2.63. The van der Waals surface area contributed by atoms with Crippen LogP contribution in [0.25, 0.3) is 11.3 Å². The Balaban J connectivity index is 2.34. The Hall–Kier alpha value is -1.58. The van der Waals surface area contributed by atoms with Crippen LogP contribution in [0.3, 0.4) is 0 Å². The van der Waals surface area contributed by atoms with E-state index in [0.29, 0.717) is 0 Å². The molecule has 0 saturated carbocycles. The van der Waals surface area contributed by atoms with Gasteiger partial charge in [0.15, 0.2) is 0 Å².